The van der Waals surface area contributed by atoms with E-state index in [1.165, 1.54) is 0 Å². The van der Waals surface area contributed by atoms with Crippen LogP contribution in [0.5, 0.6) is 0 Å². The monoisotopic (exact) mass is 322 g/mol. The Labute approximate surface area is 117 Å². The summed E-state index contributed by atoms with van der Waals surface area (Å²) < 4.78 is 3.06. The summed E-state index contributed by atoms with van der Waals surface area (Å²) >= 11 is 5.09. The van der Waals surface area contributed by atoms with Crippen molar-refractivity contribution in [1.29, 1.82) is 0 Å². The van der Waals surface area contributed by atoms with Crippen LogP contribution in [0.2, 0.25) is 0 Å². The van der Waals surface area contributed by atoms with Gasteiger partial charge in [0.25, 0.3) is 0 Å². The minimum Gasteiger partial charge on any atom is -0.369 e. The lowest BCUT2D eigenvalue weighted by molar-refractivity contribution is 0.716. The average Bonchev–Trinajstić information content (AvgIpc) is 2.94. The molecular weight excluding hydrogens is 312 g/mol. The fraction of sp³-hybridized carbons (Fsp3) is 0.167. The van der Waals surface area contributed by atoms with Gasteiger partial charge in [0.1, 0.15) is 0 Å². The molecule has 0 saturated carbocycles. The van der Waals surface area contributed by atoms with E-state index < -0.39 is 0 Å². The molecule has 18 heavy (non-hydrogen) atoms. The van der Waals surface area contributed by atoms with E-state index in [1.807, 2.05) is 28.3 Å². The highest BCUT2D eigenvalue weighted by Crippen LogP contribution is 2.22. The molecule has 0 fully saturated rings. The number of aryl methyl sites for hydroxylation is 2. The van der Waals surface area contributed by atoms with Crippen molar-refractivity contribution in [3.05, 3.63) is 39.3 Å². The van der Waals surface area contributed by atoms with E-state index in [0.717, 1.165) is 34.2 Å². The number of nitrogens with two attached hydrogens (primary N) is 1. The summed E-state index contributed by atoms with van der Waals surface area (Å²) in [6.45, 7) is 0.794. The minimum atomic E-state index is 0.554. The van der Waals surface area contributed by atoms with Gasteiger partial charge in [-0.15, -0.1) is 11.3 Å². The number of benzene rings is 1. The van der Waals surface area contributed by atoms with Crippen LogP contribution in [0.4, 0.5) is 5.95 Å². The molecule has 6 heteroatoms. The molecule has 0 saturated heterocycles. The van der Waals surface area contributed by atoms with Crippen molar-refractivity contribution < 1.29 is 0 Å². The first-order chi connectivity index (χ1) is 8.74. The number of nitrogen functional groups attached to an aromatic ring is 1. The van der Waals surface area contributed by atoms with E-state index >= 15 is 0 Å². The lowest BCUT2D eigenvalue weighted by Crippen LogP contribution is -2.05. The molecule has 3 rings (SSSR count). The fourth-order valence-corrected chi connectivity index (χ4v) is 2.88. The molecule has 92 valence electrons. The number of imidazole rings is 1. The molecule has 0 spiro atoms. The molecular formula is C12H11BrN4S. The summed E-state index contributed by atoms with van der Waals surface area (Å²) in [6, 6.07) is 5.98. The van der Waals surface area contributed by atoms with Gasteiger partial charge >= 0.3 is 0 Å². The van der Waals surface area contributed by atoms with Gasteiger partial charge in [-0.05, 0) is 18.2 Å². The van der Waals surface area contributed by atoms with Crippen molar-refractivity contribution in [2.45, 2.75) is 13.0 Å². The van der Waals surface area contributed by atoms with E-state index in [9.17, 15) is 0 Å². The molecule has 4 nitrogen and oxygen atoms in total. The lowest BCUT2D eigenvalue weighted by atomic mass is 10.3. The van der Waals surface area contributed by atoms with Gasteiger partial charge in [-0.2, -0.15) is 0 Å². The average molecular weight is 323 g/mol. The molecule has 2 heterocycles. The molecule has 0 aliphatic carbocycles. The zero-order chi connectivity index (χ0) is 12.5. The number of fused-ring (bicyclic) bond motifs is 1. The van der Waals surface area contributed by atoms with Gasteiger partial charge < -0.3 is 10.3 Å². The van der Waals surface area contributed by atoms with E-state index in [4.69, 9.17) is 5.73 Å². The summed E-state index contributed by atoms with van der Waals surface area (Å²) in [5, 5.41) is 2.06. The van der Waals surface area contributed by atoms with Crippen LogP contribution in [0.3, 0.4) is 0 Å². The van der Waals surface area contributed by atoms with E-state index in [0.29, 0.717) is 5.95 Å². The minimum absolute atomic E-state index is 0.554. The topological polar surface area (TPSA) is 56.7 Å². The maximum absolute atomic E-state index is 5.96. The summed E-state index contributed by atoms with van der Waals surface area (Å²) in [5.74, 6) is 0.554. The molecule has 0 radical (unpaired) electrons. The standard InChI is InChI=1S/C12H11BrN4S/c13-8-1-2-10-11(5-8)17(12(14)16-10)4-3-9-6-18-7-15-9/h1-2,5-7H,3-4H2,(H2,14,16). The molecule has 2 aromatic heterocycles. The molecule has 0 unspecified atom stereocenters. The smallest absolute Gasteiger partial charge is 0.201 e. The highest BCUT2D eigenvalue weighted by molar-refractivity contribution is 9.10. The second kappa shape index (κ2) is 4.70. The Balaban J connectivity index is 1.95. The normalized spacial score (nSPS) is 11.2. The van der Waals surface area contributed by atoms with Crippen LogP contribution in [0.1, 0.15) is 5.69 Å². The molecule has 0 amide bonds. The zero-order valence-corrected chi connectivity index (χ0v) is 11.9. The van der Waals surface area contributed by atoms with Crippen molar-refractivity contribution in [3.63, 3.8) is 0 Å². The number of rotatable bonds is 3. The summed E-state index contributed by atoms with van der Waals surface area (Å²) in [4.78, 5) is 8.63. The number of nitrogens with zero attached hydrogens (tertiary/aromatic N) is 3. The third-order valence-electron chi connectivity index (χ3n) is 2.81. The van der Waals surface area contributed by atoms with Crippen LogP contribution in [0.15, 0.2) is 33.6 Å². The largest absolute Gasteiger partial charge is 0.369 e. The maximum Gasteiger partial charge on any atom is 0.201 e. The van der Waals surface area contributed by atoms with Gasteiger partial charge in [0.15, 0.2) is 0 Å². The molecule has 0 aliphatic rings. The number of thiazole rings is 1. The lowest BCUT2D eigenvalue weighted by Gasteiger charge is -2.05. The molecule has 3 aromatic rings. The van der Waals surface area contributed by atoms with Gasteiger partial charge in [0.05, 0.1) is 22.2 Å². The van der Waals surface area contributed by atoms with Gasteiger partial charge in [-0.25, -0.2) is 9.97 Å². The highest BCUT2D eigenvalue weighted by atomic mass is 79.9. The maximum atomic E-state index is 5.96. The molecule has 1 aromatic carbocycles. The number of aromatic nitrogens is 3. The summed E-state index contributed by atoms with van der Waals surface area (Å²) in [6.07, 6.45) is 0.867. The Morgan fingerprint density at radius 3 is 3.06 bits per heavy atom. The number of hydrogen-bond acceptors (Lipinski definition) is 4. The summed E-state index contributed by atoms with van der Waals surface area (Å²) in [7, 11) is 0. The van der Waals surface area contributed by atoms with Crippen molar-refractivity contribution >= 4 is 44.2 Å². The fourth-order valence-electron chi connectivity index (χ4n) is 1.94. The quantitative estimate of drug-likeness (QED) is 0.806. The Morgan fingerprint density at radius 1 is 1.39 bits per heavy atom. The Kier molecular flexibility index (Phi) is 3.05. The van der Waals surface area contributed by atoms with Crippen LogP contribution in [-0.4, -0.2) is 14.5 Å². The number of halogens is 1. The van der Waals surface area contributed by atoms with Crippen LogP contribution in [-0.2, 0) is 13.0 Å². The van der Waals surface area contributed by atoms with Crippen molar-refractivity contribution in [3.8, 4) is 0 Å². The van der Waals surface area contributed by atoms with Gasteiger partial charge in [0.2, 0.25) is 5.95 Å². The molecule has 0 atom stereocenters. The van der Waals surface area contributed by atoms with Gasteiger partial charge in [0, 0.05) is 22.8 Å². The van der Waals surface area contributed by atoms with Gasteiger partial charge in [-0.3, -0.25) is 0 Å². The van der Waals surface area contributed by atoms with Crippen molar-refractivity contribution in [1.82, 2.24) is 14.5 Å². The SMILES string of the molecule is Nc1nc2ccc(Br)cc2n1CCc1cscn1. The zero-order valence-electron chi connectivity index (χ0n) is 9.51. The Hall–Kier alpha value is -1.40. The van der Waals surface area contributed by atoms with Crippen molar-refractivity contribution in [2.24, 2.45) is 0 Å². The second-order valence-electron chi connectivity index (χ2n) is 3.98. The predicted octanol–water partition coefficient (Wildman–Crippen LogP) is 3.08. The van der Waals surface area contributed by atoms with Crippen LogP contribution >= 0.6 is 27.3 Å². The highest BCUT2D eigenvalue weighted by Gasteiger charge is 2.08. The third kappa shape index (κ3) is 2.13. The number of anilines is 1. The first kappa shape index (κ1) is 11.7. The summed E-state index contributed by atoms with van der Waals surface area (Å²) in [5.41, 5.74) is 10.9. The van der Waals surface area contributed by atoms with Crippen LogP contribution < -0.4 is 5.73 Å². The van der Waals surface area contributed by atoms with Crippen molar-refractivity contribution in [2.75, 3.05) is 5.73 Å². The van der Waals surface area contributed by atoms with Gasteiger partial charge in [-0.1, -0.05) is 15.9 Å². The van der Waals surface area contributed by atoms with Crippen LogP contribution in [0.25, 0.3) is 11.0 Å². The Morgan fingerprint density at radius 2 is 2.28 bits per heavy atom. The third-order valence-corrected chi connectivity index (χ3v) is 3.94. The first-order valence-corrected chi connectivity index (χ1v) is 7.26. The Bertz CT molecular complexity index is 675. The van der Waals surface area contributed by atoms with E-state index in [2.05, 4.69) is 31.3 Å². The molecule has 0 aliphatic heterocycles. The van der Waals surface area contributed by atoms with E-state index in [-0.39, 0.29) is 0 Å². The first-order valence-electron chi connectivity index (χ1n) is 5.52. The van der Waals surface area contributed by atoms with E-state index in [1.54, 1.807) is 11.3 Å². The molecule has 0 bridgehead atoms. The molecule has 2 N–H and O–H groups in total. The van der Waals surface area contributed by atoms with Crippen LogP contribution in [0, 0.1) is 0 Å². The second-order valence-corrected chi connectivity index (χ2v) is 5.62. The predicted molar refractivity (Wildman–Crippen MR) is 77.7 cm³/mol. The number of hydrogen-bond donors (Lipinski definition) is 1.